The highest BCUT2D eigenvalue weighted by Crippen LogP contribution is 2.32. The number of hydrogen-bond acceptors (Lipinski definition) is 5. The molecule has 1 heterocycles. The number of ether oxygens (including phenoxy) is 1. The summed E-state index contributed by atoms with van der Waals surface area (Å²) in [6, 6.07) is 12.4. The van der Waals surface area contributed by atoms with Crippen LogP contribution in [0.25, 0.3) is 0 Å². The zero-order valence-electron chi connectivity index (χ0n) is 17.0. The van der Waals surface area contributed by atoms with Gasteiger partial charge in [-0.2, -0.15) is 0 Å². The van der Waals surface area contributed by atoms with E-state index in [1.807, 2.05) is 0 Å². The van der Waals surface area contributed by atoms with Crippen molar-refractivity contribution in [2.24, 2.45) is 0 Å². The molecule has 10 heteroatoms. The Morgan fingerprint density at radius 2 is 1.81 bits per heavy atom. The molecule has 1 saturated heterocycles. The van der Waals surface area contributed by atoms with E-state index in [1.54, 1.807) is 24.3 Å². The summed E-state index contributed by atoms with van der Waals surface area (Å²) in [5.41, 5.74) is 0.154. The molecule has 0 bridgehead atoms. The molecule has 1 fully saturated rings. The quantitative estimate of drug-likeness (QED) is 0.552. The van der Waals surface area contributed by atoms with Gasteiger partial charge in [-0.1, -0.05) is 41.4 Å². The van der Waals surface area contributed by atoms with E-state index in [4.69, 9.17) is 27.9 Å². The van der Waals surface area contributed by atoms with Crippen LogP contribution in [0.4, 0.5) is 5.69 Å². The summed E-state index contributed by atoms with van der Waals surface area (Å²) >= 11 is 12.3. The topological polar surface area (TPSA) is 79.0 Å². The van der Waals surface area contributed by atoms with E-state index in [0.29, 0.717) is 11.6 Å². The SMILES string of the molecule is O=C(CN(c1cc(Cl)ccc1Cl)S(=O)(=O)c1ccccc1)NCCCN1CCOCC1. The predicted molar refractivity (Wildman–Crippen MR) is 122 cm³/mol. The third-order valence-corrected chi connectivity index (χ3v) is 7.20. The zero-order valence-corrected chi connectivity index (χ0v) is 19.3. The lowest BCUT2D eigenvalue weighted by Gasteiger charge is -2.27. The molecular formula is C21H25Cl2N3O4S. The lowest BCUT2D eigenvalue weighted by Crippen LogP contribution is -2.42. The zero-order chi connectivity index (χ0) is 22.3. The van der Waals surface area contributed by atoms with Gasteiger partial charge in [0, 0.05) is 24.7 Å². The maximum Gasteiger partial charge on any atom is 0.264 e. The van der Waals surface area contributed by atoms with Crippen LogP contribution in [-0.2, 0) is 19.6 Å². The molecule has 0 atom stereocenters. The number of sulfonamides is 1. The summed E-state index contributed by atoms with van der Waals surface area (Å²) in [6.45, 7) is 4.08. The van der Waals surface area contributed by atoms with E-state index in [9.17, 15) is 13.2 Å². The lowest BCUT2D eigenvalue weighted by atomic mass is 10.3. The first kappa shape index (κ1) is 23.8. The number of carbonyl (C=O) groups is 1. The van der Waals surface area contributed by atoms with Crippen molar-refractivity contribution in [2.75, 3.05) is 50.2 Å². The Kier molecular flexibility index (Phi) is 8.57. The Balaban J connectivity index is 1.71. The summed E-state index contributed by atoms with van der Waals surface area (Å²) in [7, 11) is -4.03. The molecule has 0 saturated carbocycles. The van der Waals surface area contributed by atoms with Crippen LogP contribution in [-0.4, -0.2) is 65.2 Å². The van der Waals surface area contributed by atoms with Crippen LogP contribution in [0, 0.1) is 0 Å². The van der Waals surface area contributed by atoms with E-state index in [2.05, 4.69) is 10.2 Å². The highest BCUT2D eigenvalue weighted by Gasteiger charge is 2.28. The summed E-state index contributed by atoms with van der Waals surface area (Å²) in [6.07, 6.45) is 0.759. The second-order valence-corrected chi connectivity index (χ2v) is 9.78. The highest BCUT2D eigenvalue weighted by molar-refractivity contribution is 7.92. The van der Waals surface area contributed by atoms with Crippen LogP contribution in [0.1, 0.15) is 6.42 Å². The van der Waals surface area contributed by atoms with E-state index < -0.39 is 22.5 Å². The average Bonchev–Trinajstić information content (AvgIpc) is 2.78. The number of carbonyl (C=O) groups excluding carboxylic acids is 1. The maximum absolute atomic E-state index is 13.3. The van der Waals surface area contributed by atoms with Crippen molar-refractivity contribution in [1.82, 2.24) is 10.2 Å². The number of morpholine rings is 1. The minimum absolute atomic E-state index is 0.0613. The molecule has 7 nitrogen and oxygen atoms in total. The molecule has 31 heavy (non-hydrogen) atoms. The molecule has 0 spiro atoms. The van der Waals surface area contributed by atoms with Crippen molar-refractivity contribution < 1.29 is 17.9 Å². The molecular weight excluding hydrogens is 461 g/mol. The van der Waals surface area contributed by atoms with E-state index in [-0.39, 0.29) is 15.6 Å². The number of nitrogens with one attached hydrogen (secondary N) is 1. The highest BCUT2D eigenvalue weighted by atomic mass is 35.5. The van der Waals surface area contributed by atoms with Crippen molar-refractivity contribution in [1.29, 1.82) is 0 Å². The number of anilines is 1. The Labute approximate surface area is 192 Å². The molecule has 0 aromatic heterocycles. The van der Waals surface area contributed by atoms with Gasteiger partial charge in [-0.25, -0.2) is 8.42 Å². The fourth-order valence-corrected chi connectivity index (χ4v) is 5.13. The molecule has 0 unspecified atom stereocenters. The summed E-state index contributed by atoms with van der Waals surface area (Å²) in [5.74, 6) is -0.419. The van der Waals surface area contributed by atoms with Gasteiger partial charge in [0.15, 0.2) is 0 Å². The predicted octanol–water partition coefficient (Wildman–Crippen LogP) is 3.03. The third-order valence-electron chi connectivity index (χ3n) is 4.87. The van der Waals surface area contributed by atoms with Gasteiger partial charge in [-0.3, -0.25) is 14.0 Å². The fourth-order valence-electron chi connectivity index (χ4n) is 3.24. The van der Waals surface area contributed by atoms with Crippen molar-refractivity contribution in [2.45, 2.75) is 11.3 Å². The lowest BCUT2D eigenvalue weighted by molar-refractivity contribution is -0.119. The first-order chi connectivity index (χ1) is 14.9. The number of rotatable bonds is 9. The molecule has 168 valence electrons. The second-order valence-electron chi connectivity index (χ2n) is 7.08. The fraction of sp³-hybridized carbons (Fsp3) is 0.381. The Morgan fingerprint density at radius 1 is 1.10 bits per heavy atom. The largest absolute Gasteiger partial charge is 0.379 e. The van der Waals surface area contributed by atoms with Gasteiger partial charge >= 0.3 is 0 Å². The van der Waals surface area contributed by atoms with Gasteiger partial charge in [-0.15, -0.1) is 0 Å². The van der Waals surface area contributed by atoms with Crippen LogP contribution in [0.15, 0.2) is 53.4 Å². The number of benzene rings is 2. The Bertz CT molecular complexity index is 983. The first-order valence-corrected chi connectivity index (χ1v) is 12.2. The third kappa shape index (κ3) is 6.57. The minimum Gasteiger partial charge on any atom is -0.379 e. The van der Waals surface area contributed by atoms with E-state index in [0.717, 1.165) is 43.6 Å². The molecule has 2 aromatic carbocycles. The van der Waals surface area contributed by atoms with Gasteiger partial charge in [0.1, 0.15) is 6.54 Å². The maximum atomic E-state index is 13.3. The smallest absolute Gasteiger partial charge is 0.264 e. The van der Waals surface area contributed by atoms with Gasteiger partial charge in [0.05, 0.1) is 28.8 Å². The Hall–Kier alpha value is -1.84. The van der Waals surface area contributed by atoms with Gasteiger partial charge in [0.2, 0.25) is 5.91 Å². The minimum atomic E-state index is -4.03. The molecule has 0 radical (unpaired) electrons. The summed E-state index contributed by atoms with van der Waals surface area (Å²) < 4.78 is 32.9. The van der Waals surface area contributed by atoms with Gasteiger partial charge < -0.3 is 10.1 Å². The molecule has 1 aliphatic heterocycles. The molecule has 1 amide bonds. The normalized spacial score (nSPS) is 14.9. The van der Waals surface area contributed by atoms with Gasteiger partial charge in [0.25, 0.3) is 10.0 Å². The summed E-state index contributed by atoms with van der Waals surface area (Å²) in [5, 5.41) is 3.30. The van der Waals surface area contributed by atoms with Crippen molar-refractivity contribution in [3.8, 4) is 0 Å². The molecule has 1 aliphatic rings. The van der Waals surface area contributed by atoms with Crippen molar-refractivity contribution in [3.05, 3.63) is 58.6 Å². The second kappa shape index (κ2) is 11.2. The standard InChI is InChI=1S/C21H25Cl2N3O4S/c22-17-7-8-19(23)20(15-17)26(31(28,29)18-5-2-1-3-6-18)16-21(27)24-9-4-10-25-11-13-30-14-12-25/h1-3,5-8,15H,4,9-14,16H2,(H,24,27). The summed E-state index contributed by atoms with van der Waals surface area (Å²) in [4.78, 5) is 15.0. The van der Waals surface area contributed by atoms with Gasteiger partial charge in [-0.05, 0) is 43.3 Å². The van der Waals surface area contributed by atoms with E-state index in [1.165, 1.54) is 24.3 Å². The van der Waals surface area contributed by atoms with Crippen LogP contribution in [0.2, 0.25) is 10.0 Å². The van der Waals surface area contributed by atoms with Crippen LogP contribution < -0.4 is 9.62 Å². The number of nitrogens with zero attached hydrogens (tertiary/aromatic N) is 2. The van der Waals surface area contributed by atoms with Crippen LogP contribution >= 0.6 is 23.2 Å². The molecule has 3 rings (SSSR count). The van der Waals surface area contributed by atoms with Crippen LogP contribution in [0.3, 0.4) is 0 Å². The monoisotopic (exact) mass is 485 g/mol. The van der Waals surface area contributed by atoms with Crippen molar-refractivity contribution in [3.63, 3.8) is 0 Å². The number of amides is 1. The molecule has 2 aromatic rings. The number of halogens is 2. The molecule has 1 N–H and O–H groups in total. The van der Waals surface area contributed by atoms with Crippen molar-refractivity contribution >= 4 is 44.8 Å². The average molecular weight is 486 g/mol. The van der Waals surface area contributed by atoms with Crippen LogP contribution in [0.5, 0.6) is 0 Å². The number of hydrogen-bond donors (Lipinski definition) is 1. The van der Waals surface area contributed by atoms with E-state index >= 15 is 0 Å². The first-order valence-electron chi connectivity index (χ1n) is 9.97. The Morgan fingerprint density at radius 3 is 2.52 bits per heavy atom. The molecule has 0 aliphatic carbocycles.